The average molecular weight is 247 g/mol. The van der Waals surface area contributed by atoms with Crippen molar-refractivity contribution in [1.82, 2.24) is 0 Å². The number of hydrogen-bond acceptors (Lipinski definition) is 5. The van der Waals surface area contributed by atoms with Crippen LogP contribution in [0.1, 0.15) is 18.4 Å². The Hall–Kier alpha value is -2.13. The predicted octanol–water partition coefficient (Wildman–Crippen LogP) is 2.06. The van der Waals surface area contributed by atoms with Gasteiger partial charge in [0.1, 0.15) is 5.69 Å². The predicted molar refractivity (Wildman–Crippen MR) is 65.3 cm³/mol. The molecule has 0 amide bonds. The highest BCUT2D eigenvalue weighted by Crippen LogP contribution is 2.26. The normalized spacial score (nSPS) is 18.3. The molecule has 94 valence electrons. The van der Waals surface area contributed by atoms with Gasteiger partial charge in [-0.1, -0.05) is 0 Å². The molecular weight excluding hydrogens is 234 g/mol. The van der Waals surface area contributed by atoms with Crippen LogP contribution in [0.2, 0.25) is 0 Å². The highest BCUT2D eigenvalue weighted by atomic mass is 16.6. The summed E-state index contributed by atoms with van der Waals surface area (Å²) < 4.78 is 5.44. The number of nitrogens with one attached hydrogen (secondary N) is 1. The van der Waals surface area contributed by atoms with Crippen LogP contribution < -0.4 is 5.32 Å². The molecule has 0 aromatic heterocycles. The molecule has 1 atom stereocenters. The number of rotatable bonds is 4. The Morgan fingerprint density at radius 3 is 3.06 bits per heavy atom. The maximum Gasteiger partial charge on any atom is 0.293 e. The monoisotopic (exact) mass is 247 g/mol. The van der Waals surface area contributed by atoms with E-state index in [1.807, 2.05) is 6.07 Å². The number of ether oxygens (including phenoxy) is 1. The lowest BCUT2D eigenvalue weighted by Gasteiger charge is -2.12. The fourth-order valence-corrected chi connectivity index (χ4v) is 1.93. The zero-order valence-electron chi connectivity index (χ0n) is 9.76. The van der Waals surface area contributed by atoms with E-state index in [2.05, 4.69) is 5.32 Å². The fraction of sp³-hybridized carbons (Fsp3) is 0.417. The van der Waals surface area contributed by atoms with Gasteiger partial charge in [0.05, 0.1) is 22.7 Å². The number of anilines is 1. The lowest BCUT2D eigenvalue weighted by Crippen LogP contribution is -2.18. The van der Waals surface area contributed by atoms with Crippen LogP contribution in [0.5, 0.6) is 0 Å². The Labute approximate surface area is 104 Å². The van der Waals surface area contributed by atoms with Crippen LogP contribution in [-0.4, -0.2) is 24.2 Å². The fourth-order valence-electron chi connectivity index (χ4n) is 1.93. The van der Waals surface area contributed by atoms with Gasteiger partial charge >= 0.3 is 0 Å². The van der Waals surface area contributed by atoms with Crippen molar-refractivity contribution in [2.75, 3.05) is 18.5 Å². The van der Waals surface area contributed by atoms with Crippen LogP contribution in [0.4, 0.5) is 11.4 Å². The highest BCUT2D eigenvalue weighted by molar-refractivity contribution is 5.64. The molecule has 0 spiro atoms. The van der Waals surface area contributed by atoms with Gasteiger partial charge in [0.15, 0.2) is 0 Å². The number of nitro groups is 1. The van der Waals surface area contributed by atoms with Crippen LogP contribution in [0.25, 0.3) is 0 Å². The van der Waals surface area contributed by atoms with E-state index in [0.29, 0.717) is 12.2 Å². The van der Waals surface area contributed by atoms with Crippen LogP contribution in [-0.2, 0) is 4.74 Å². The van der Waals surface area contributed by atoms with Crippen molar-refractivity contribution in [3.63, 3.8) is 0 Å². The molecule has 1 aromatic rings. The lowest BCUT2D eigenvalue weighted by atomic mass is 10.1. The molecular formula is C12H13N3O3. The molecule has 1 aliphatic heterocycles. The third-order valence-corrected chi connectivity index (χ3v) is 2.87. The van der Waals surface area contributed by atoms with Gasteiger partial charge in [-0.15, -0.1) is 0 Å². The van der Waals surface area contributed by atoms with Gasteiger partial charge in [0.25, 0.3) is 5.69 Å². The molecule has 0 aliphatic carbocycles. The molecule has 1 heterocycles. The zero-order chi connectivity index (χ0) is 13.0. The van der Waals surface area contributed by atoms with Crippen molar-refractivity contribution in [3.8, 4) is 6.07 Å². The Kier molecular flexibility index (Phi) is 3.75. The van der Waals surface area contributed by atoms with E-state index in [4.69, 9.17) is 10.00 Å². The van der Waals surface area contributed by atoms with Gasteiger partial charge in [0.2, 0.25) is 0 Å². The molecule has 1 N–H and O–H groups in total. The second-order valence-corrected chi connectivity index (χ2v) is 4.12. The first-order valence-corrected chi connectivity index (χ1v) is 5.74. The van der Waals surface area contributed by atoms with Crippen molar-refractivity contribution in [3.05, 3.63) is 33.9 Å². The smallest absolute Gasteiger partial charge is 0.293 e. The van der Waals surface area contributed by atoms with Crippen molar-refractivity contribution >= 4 is 11.4 Å². The van der Waals surface area contributed by atoms with Crippen LogP contribution in [0, 0.1) is 21.4 Å². The topological polar surface area (TPSA) is 88.2 Å². The molecule has 0 bridgehead atoms. The van der Waals surface area contributed by atoms with Gasteiger partial charge in [-0.3, -0.25) is 10.1 Å². The van der Waals surface area contributed by atoms with Gasteiger partial charge in [-0.2, -0.15) is 5.26 Å². The summed E-state index contributed by atoms with van der Waals surface area (Å²) in [7, 11) is 0. The van der Waals surface area contributed by atoms with Crippen molar-refractivity contribution in [2.45, 2.75) is 18.9 Å². The zero-order valence-corrected chi connectivity index (χ0v) is 9.76. The van der Waals surface area contributed by atoms with E-state index in [9.17, 15) is 10.1 Å². The van der Waals surface area contributed by atoms with Crippen molar-refractivity contribution in [1.29, 1.82) is 5.26 Å². The van der Waals surface area contributed by atoms with Gasteiger partial charge < -0.3 is 10.1 Å². The first-order valence-electron chi connectivity index (χ1n) is 5.74. The Morgan fingerprint density at radius 2 is 2.44 bits per heavy atom. The van der Waals surface area contributed by atoms with Crippen molar-refractivity contribution < 1.29 is 9.66 Å². The van der Waals surface area contributed by atoms with Gasteiger partial charge in [0, 0.05) is 19.2 Å². The number of benzene rings is 1. The number of nitriles is 1. The van der Waals surface area contributed by atoms with E-state index in [0.717, 1.165) is 19.4 Å². The summed E-state index contributed by atoms with van der Waals surface area (Å²) in [6.07, 6.45) is 2.11. The van der Waals surface area contributed by atoms with Gasteiger partial charge in [-0.05, 0) is 25.0 Å². The number of hydrogen-bond donors (Lipinski definition) is 1. The SMILES string of the molecule is N#Cc1ccc(NCC2CCCO2)c([N+](=O)[O-])c1. The molecule has 6 heteroatoms. The lowest BCUT2D eigenvalue weighted by molar-refractivity contribution is -0.384. The van der Waals surface area contributed by atoms with E-state index in [1.165, 1.54) is 6.07 Å². The first-order chi connectivity index (χ1) is 8.70. The van der Waals surface area contributed by atoms with Crippen LogP contribution >= 0.6 is 0 Å². The molecule has 0 saturated carbocycles. The summed E-state index contributed by atoms with van der Waals surface area (Å²) in [5, 5.41) is 22.6. The number of nitro benzene ring substituents is 1. The summed E-state index contributed by atoms with van der Waals surface area (Å²) in [6, 6.07) is 6.29. The highest BCUT2D eigenvalue weighted by Gasteiger charge is 2.18. The molecule has 18 heavy (non-hydrogen) atoms. The molecule has 1 saturated heterocycles. The molecule has 0 radical (unpaired) electrons. The molecule has 1 unspecified atom stereocenters. The minimum atomic E-state index is -0.487. The third kappa shape index (κ3) is 2.76. The Balaban J connectivity index is 2.11. The first kappa shape index (κ1) is 12.3. The summed E-state index contributed by atoms with van der Waals surface area (Å²) in [5.74, 6) is 0. The van der Waals surface area contributed by atoms with Crippen LogP contribution in [0.3, 0.4) is 0 Å². The summed E-state index contributed by atoms with van der Waals surface area (Å²) in [4.78, 5) is 10.4. The van der Waals surface area contributed by atoms with Gasteiger partial charge in [-0.25, -0.2) is 0 Å². The minimum absolute atomic E-state index is 0.0768. The largest absolute Gasteiger partial charge is 0.377 e. The maximum absolute atomic E-state index is 10.9. The van der Waals surface area contributed by atoms with E-state index in [-0.39, 0.29) is 17.4 Å². The molecule has 2 rings (SSSR count). The Bertz CT molecular complexity index is 490. The standard InChI is InChI=1S/C12H13N3O3/c13-7-9-3-4-11(12(6-9)15(16)17)14-8-10-2-1-5-18-10/h3-4,6,10,14H,1-2,5,8H2. The average Bonchev–Trinajstić information content (AvgIpc) is 2.89. The van der Waals surface area contributed by atoms with E-state index in [1.54, 1.807) is 12.1 Å². The second-order valence-electron chi connectivity index (χ2n) is 4.12. The quantitative estimate of drug-likeness (QED) is 0.649. The van der Waals surface area contributed by atoms with E-state index < -0.39 is 4.92 Å². The molecule has 1 aromatic carbocycles. The minimum Gasteiger partial charge on any atom is -0.377 e. The molecule has 1 aliphatic rings. The van der Waals surface area contributed by atoms with Crippen LogP contribution in [0.15, 0.2) is 18.2 Å². The van der Waals surface area contributed by atoms with Crippen molar-refractivity contribution in [2.24, 2.45) is 0 Å². The summed E-state index contributed by atoms with van der Waals surface area (Å²) in [5.41, 5.74) is 0.630. The molecule has 1 fully saturated rings. The third-order valence-electron chi connectivity index (χ3n) is 2.87. The maximum atomic E-state index is 10.9. The Morgan fingerprint density at radius 1 is 1.61 bits per heavy atom. The summed E-state index contributed by atoms with van der Waals surface area (Å²) in [6.45, 7) is 1.30. The van der Waals surface area contributed by atoms with E-state index >= 15 is 0 Å². The number of nitrogens with zero attached hydrogens (tertiary/aromatic N) is 2. The molecule has 6 nitrogen and oxygen atoms in total. The second kappa shape index (κ2) is 5.47. The summed E-state index contributed by atoms with van der Waals surface area (Å²) >= 11 is 0.